The van der Waals surface area contributed by atoms with E-state index in [0.717, 1.165) is 16.0 Å². The van der Waals surface area contributed by atoms with Gasteiger partial charge < -0.3 is 11.1 Å². The Hall–Kier alpha value is -2.60. The molecule has 116 valence electrons. The lowest BCUT2D eigenvalue weighted by Gasteiger charge is -2.09. The average Bonchev–Trinajstić information content (AvgIpc) is 2.60. The molecular weight excluding hydrogens is 306 g/mol. The van der Waals surface area contributed by atoms with Crippen LogP contribution in [0.1, 0.15) is 5.56 Å². The molecule has 0 bridgehead atoms. The summed E-state index contributed by atoms with van der Waals surface area (Å²) in [5.74, 6) is 1.27. The van der Waals surface area contributed by atoms with Crippen molar-refractivity contribution in [2.45, 2.75) is 11.4 Å². The van der Waals surface area contributed by atoms with Gasteiger partial charge in [-0.25, -0.2) is 0 Å². The molecule has 3 N–H and O–H groups in total. The van der Waals surface area contributed by atoms with Gasteiger partial charge in [0.1, 0.15) is 0 Å². The van der Waals surface area contributed by atoms with Crippen molar-refractivity contribution in [3.63, 3.8) is 0 Å². The molecule has 0 saturated carbocycles. The molecule has 23 heavy (non-hydrogen) atoms. The Morgan fingerprint density at radius 2 is 1.70 bits per heavy atom. The lowest BCUT2D eigenvalue weighted by molar-refractivity contribution is 1.01. The van der Waals surface area contributed by atoms with Crippen molar-refractivity contribution in [1.29, 1.82) is 0 Å². The highest BCUT2D eigenvalue weighted by molar-refractivity contribution is 7.98. The first-order valence-corrected chi connectivity index (χ1v) is 8.41. The van der Waals surface area contributed by atoms with Gasteiger partial charge in [0.2, 0.25) is 11.9 Å². The van der Waals surface area contributed by atoms with Gasteiger partial charge in [0, 0.05) is 17.0 Å². The molecule has 0 saturated heterocycles. The number of benzene rings is 2. The second-order valence-corrected chi connectivity index (χ2v) is 5.73. The number of thioether (sulfide) groups is 1. The molecule has 0 spiro atoms. The number of nitrogens with one attached hydrogen (secondary N) is 1. The third-order valence-corrected chi connectivity index (χ3v) is 4.09. The Balaban J connectivity index is 1.87. The minimum atomic E-state index is 0.210. The Morgan fingerprint density at radius 3 is 2.48 bits per heavy atom. The highest BCUT2D eigenvalue weighted by atomic mass is 32.2. The summed E-state index contributed by atoms with van der Waals surface area (Å²) < 4.78 is 0. The van der Waals surface area contributed by atoms with Crippen LogP contribution in [0.4, 0.5) is 11.9 Å². The fourth-order valence-corrected chi connectivity index (χ4v) is 2.79. The number of anilines is 2. The highest BCUT2D eigenvalue weighted by Gasteiger charge is 2.10. The summed E-state index contributed by atoms with van der Waals surface area (Å²) in [6.45, 7) is 0.633. The molecule has 0 amide bonds. The molecule has 3 aromatic rings. The third-order valence-electron chi connectivity index (χ3n) is 3.29. The molecule has 5 nitrogen and oxygen atoms in total. The van der Waals surface area contributed by atoms with Gasteiger partial charge >= 0.3 is 0 Å². The van der Waals surface area contributed by atoms with Crippen LogP contribution < -0.4 is 11.1 Å². The summed E-state index contributed by atoms with van der Waals surface area (Å²) >= 11 is 1.65. The second kappa shape index (κ2) is 7.11. The molecule has 0 radical (unpaired) electrons. The number of hydrogen-bond donors (Lipinski definition) is 2. The molecule has 1 heterocycles. The van der Waals surface area contributed by atoms with Crippen LogP contribution in [0.5, 0.6) is 0 Å². The SMILES string of the molecule is CSc1ccccc1-c1nc(N)nc(NCc2ccccc2)n1. The molecule has 6 heteroatoms. The van der Waals surface area contributed by atoms with E-state index in [-0.39, 0.29) is 5.95 Å². The van der Waals surface area contributed by atoms with Crippen molar-refractivity contribution in [2.24, 2.45) is 0 Å². The molecule has 0 aliphatic heterocycles. The Morgan fingerprint density at radius 1 is 0.957 bits per heavy atom. The lowest BCUT2D eigenvalue weighted by Crippen LogP contribution is -2.08. The van der Waals surface area contributed by atoms with E-state index in [2.05, 4.69) is 20.3 Å². The van der Waals surface area contributed by atoms with E-state index in [4.69, 9.17) is 5.73 Å². The van der Waals surface area contributed by atoms with Gasteiger partial charge in [0.15, 0.2) is 5.82 Å². The van der Waals surface area contributed by atoms with Crippen molar-refractivity contribution >= 4 is 23.7 Å². The maximum atomic E-state index is 5.85. The topological polar surface area (TPSA) is 76.7 Å². The summed E-state index contributed by atoms with van der Waals surface area (Å²) in [5.41, 5.74) is 7.95. The summed E-state index contributed by atoms with van der Waals surface area (Å²) in [5, 5.41) is 3.20. The molecule has 0 atom stereocenters. The largest absolute Gasteiger partial charge is 0.368 e. The molecule has 0 unspecified atom stereocenters. The number of rotatable bonds is 5. The molecule has 0 fully saturated rings. The number of nitrogen functional groups attached to an aromatic ring is 1. The van der Waals surface area contributed by atoms with Crippen LogP contribution in [-0.4, -0.2) is 21.2 Å². The number of aromatic nitrogens is 3. The van der Waals surface area contributed by atoms with Crippen molar-refractivity contribution in [2.75, 3.05) is 17.3 Å². The van der Waals surface area contributed by atoms with Crippen LogP contribution in [0.25, 0.3) is 11.4 Å². The molecule has 0 aliphatic rings. The standard InChI is InChI=1S/C17H17N5S/c1-23-14-10-6-5-9-13(14)15-20-16(18)22-17(21-15)19-11-12-7-3-2-4-8-12/h2-10H,11H2,1H3,(H3,18,19,20,21,22). The average molecular weight is 323 g/mol. The maximum absolute atomic E-state index is 5.85. The van der Waals surface area contributed by atoms with Crippen molar-refractivity contribution in [1.82, 2.24) is 15.0 Å². The van der Waals surface area contributed by atoms with Gasteiger partial charge in [-0.2, -0.15) is 15.0 Å². The van der Waals surface area contributed by atoms with Gasteiger partial charge in [-0.3, -0.25) is 0 Å². The first-order chi connectivity index (χ1) is 11.3. The fraction of sp³-hybridized carbons (Fsp3) is 0.118. The third kappa shape index (κ3) is 3.78. The summed E-state index contributed by atoms with van der Waals surface area (Å²) in [7, 11) is 0. The van der Waals surface area contributed by atoms with Gasteiger partial charge in [0.05, 0.1) is 0 Å². The maximum Gasteiger partial charge on any atom is 0.228 e. The van der Waals surface area contributed by atoms with E-state index >= 15 is 0 Å². The van der Waals surface area contributed by atoms with Crippen LogP contribution in [0, 0.1) is 0 Å². The van der Waals surface area contributed by atoms with E-state index in [0.29, 0.717) is 18.3 Å². The molecular formula is C17H17N5S. The lowest BCUT2D eigenvalue weighted by atomic mass is 10.2. The monoisotopic (exact) mass is 323 g/mol. The van der Waals surface area contributed by atoms with E-state index in [1.165, 1.54) is 0 Å². The van der Waals surface area contributed by atoms with Crippen LogP contribution in [-0.2, 0) is 6.54 Å². The van der Waals surface area contributed by atoms with E-state index in [1.54, 1.807) is 11.8 Å². The van der Waals surface area contributed by atoms with Crippen LogP contribution in [0.15, 0.2) is 59.5 Å². The van der Waals surface area contributed by atoms with Gasteiger partial charge in [-0.05, 0) is 17.9 Å². The van der Waals surface area contributed by atoms with Crippen molar-refractivity contribution in [3.05, 3.63) is 60.2 Å². The minimum absolute atomic E-state index is 0.210. The van der Waals surface area contributed by atoms with E-state index in [9.17, 15) is 0 Å². The van der Waals surface area contributed by atoms with Crippen LogP contribution in [0.2, 0.25) is 0 Å². The van der Waals surface area contributed by atoms with E-state index in [1.807, 2.05) is 60.9 Å². The highest BCUT2D eigenvalue weighted by Crippen LogP contribution is 2.28. The Labute approximate surface area is 139 Å². The van der Waals surface area contributed by atoms with Gasteiger partial charge in [0.25, 0.3) is 0 Å². The summed E-state index contributed by atoms with van der Waals surface area (Å²) in [6, 6.07) is 18.1. The second-order valence-electron chi connectivity index (χ2n) is 4.88. The van der Waals surface area contributed by atoms with Crippen molar-refractivity contribution < 1.29 is 0 Å². The molecule has 3 rings (SSSR count). The van der Waals surface area contributed by atoms with Crippen LogP contribution in [0.3, 0.4) is 0 Å². The normalized spacial score (nSPS) is 10.5. The Kier molecular flexibility index (Phi) is 4.73. The predicted molar refractivity (Wildman–Crippen MR) is 95.2 cm³/mol. The first-order valence-electron chi connectivity index (χ1n) is 7.19. The number of hydrogen-bond acceptors (Lipinski definition) is 6. The zero-order valence-corrected chi connectivity index (χ0v) is 13.5. The quantitative estimate of drug-likeness (QED) is 0.700. The zero-order valence-electron chi connectivity index (χ0n) is 12.7. The van der Waals surface area contributed by atoms with Gasteiger partial charge in [-0.1, -0.05) is 48.5 Å². The number of nitrogens with two attached hydrogens (primary N) is 1. The summed E-state index contributed by atoms with van der Waals surface area (Å²) in [6.07, 6.45) is 2.03. The molecule has 2 aromatic carbocycles. The predicted octanol–water partition coefficient (Wildman–Crippen LogP) is 3.45. The molecule has 0 aliphatic carbocycles. The van der Waals surface area contributed by atoms with E-state index < -0.39 is 0 Å². The molecule has 1 aromatic heterocycles. The first kappa shape index (κ1) is 15.3. The minimum Gasteiger partial charge on any atom is -0.368 e. The summed E-state index contributed by atoms with van der Waals surface area (Å²) in [4.78, 5) is 14.0. The smallest absolute Gasteiger partial charge is 0.228 e. The van der Waals surface area contributed by atoms with Gasteiger partial charge in [-0.15, -0.1) is 11.8 Å². The zero-order chi connectivity index (χ0) is 16.1. The fourth-order valence-electron chi connectivity index (χ4n) is 2.20. The van der Waals surface area contributed by atoms with Crippen molar-refractivity contribution in [3.8, 4) is 11.4 Å². The Bertz CT molecular complexity index is 792. The number of nitrogens with zero attached hydrogens (tertiary/aromatic N) is 3. The van der Waals surface area contributed by atoms with Crippen LogP contribution >= 0.6 is 11.8 Å².